The molecule has 258 valence electrons. The molecule has 1 nitrogen and oxygen atoms in total. The summed E-state index contributed by atoms with van der Waals surface area (Å²) < 4.78 is 0. The zero-order chi connectivity index (χ0) is 36.2. The number of hydrogen-bond acceptors (Lipinski definition) is 1. The Balaban J connectivity index is 1.13. The predicted octanol–water partition coefficient (Wildman–Crippen LogP) is 14.5. The molecule has 0 N–H and O–H groups in total. The Bertz CT molecular complexity index is 2170. The fraction of sp³-hybridized carbons (Fsp3) is 0.0769. The lowest BCUT2D eigenvalue weighted by Crippen LogP contribution is -2.09. The molecule has 7 aromatic carbocycles. The van der Waals surface area contributed by atoms with Crippen molar-refractivity contribution in [1.29, 1.82) is 0 Å². The summed E-state index contributed by atoms with van der Waals surface area (Å²) in [6, 6.07) is 63.3. The molecule has 0 radical (unpaired) electrons. The smallest absolute Gasteiger partial charge is 0.0462 e. The third-order valence-electron chi connectivity index (χ3n) is 9.65. The van der Waals surface area contributed by atoms with Crippen molar-refractivity contribution in [3.8, 4) is 11.1 Å². The number of nitrogens with zero attached hydrogens (tertiary/aromatic N) is 1. The average Bonchev–Trinajstić information content (AvgIpc) is 3.23. The van der Waals surface area contributed by atoms with Crippen molar-refractivity contribution in [1.82, 2.24) is 0 Å². The Kier molecular flexibility index (Phi) is 11.3. The van der Waals surface area contributed by atoms with Crippen LogP contribution in [-0.4, -0.2) is 0 Å². The number of benzene rings is 7. The monoisotopic (exact) mass is 683 g/mol. The minimum atomic E-state index is 1.05. The van der Waals surface area contributed by atoms with Gasteiger partial charge in [0.1, 0.15) is 0 Å². The standard InChI is InChI=1S/C52H45N/c1-3-40-10-14-43(15-11-40)20-22-46-26-34-50(35-27-46)53(51-36-28-47(29-37-51)23-21-44-16-12-41(4-2)13-17-44)52-38-32-49(33-39-52)48-30-24-45(25-31-48)19-18-42-8-6-5-7-9-42/h5-39H,3-4H2,1-2H3/b19-18+,22-20+,23-21+. The molecule has 0 atom stereocenters. The van der Waals surface area contributed by atoms with Gasteiger partial charge in [-0.25, -0.2) is 0 Å². The maximum atomic E-state index is 2.33. The van der Waals surface area contributed by atoms with Gasteiger partial charge in [0.2, 0.25) is 0 Å². The number of rotatable bonds is 12. The lowest BCUT2D eigenvalue weighted by molar-refractivity contribution is 1.14. The van der Waals surface area contributed by atoms with Crippen molar-refractivity contribution in [2.75, 3.05) is 4.90 Å². The first-order valence-electron chi connectivity index (χ1n) is 18.6. The summed E-state index contributed by atoms with van der Waals surface area (Å²) in [4.78, 5) is 2.33. The van der Waals surface area contributed by atoms with Gasteiger partial charge in [-0.2, -0.15) is 0 Å². The fourth-order valence-corrected chi connectivity index (χ4v) is 6.38. The van der Waals surface area contributed by atoms with Crippen LogP contribution >= 0.6 is 0 Å². The SMILES string of the molecule is CCc1ccc(/C=C/c2ccc(N(c3ccc(/C=C/c4ccc(CC)cc4)cc3)c3ccc(-c4ccc(/C=C/c5ccccc5)cc4)cc3)cc2)cc1. The molecule has 0 saturated carbocycles. The van der Waals surface area contributed by atoms with Gasteiger partial charge in [-0.1, -0.05) is 190 Å². The van der Waals surface area contributed by atoms with Crippen LogP contribution in [0.2, 0.25) is 0 Å². The molecule has 53 heavy (non-hydrogen) atoms. The summed E-state index contributed by atoms with van der Waals surface area (Å²) in [5.41, 5.74) is 15.5. The maximum Gasteiger partial charge on any atom is 0.0462 e. The van der Waals surface area contributed by atoms with Crippen molar-refractivity contribution in [3.05, 3.63) is 220 Å². The molecule has 0 fully saturated rings. The predicted molar refractivity (Wildman–Crippen MR) is 231 cm³/mol. The van der Waals surface area contributed by atoms with Gasteiger partial charge < -0.3 is 4.90 Å². The highest BCUT2D eigenvalue weighted by Gasteiger charge is 2.13. The van der Waals surface area contributed by atoms with E-state index in [0.717, 1.165) is 41.0 Å². The molecule has 0 saturated heterocycles. The molecule has 0 spiro atoms. The number of anilines is 3. The van der Waals surface area contributed by atoms with Gasteiger partial charge in [-0.15, -0.1) is 0 Å². The second kappa shape index (κ2) is 17.2. The zero-order valence-electron chi connectivity index (χ0n) is 30.6. The molecule has 7 aromatic rings. The quantitative estimate of drug-likeness (QED) is 0.116. The van der Waals surface area contributed by atoms with Crippen LogP contribution in [0.1, 0.15) is 58.4 Å². The van der Waals surface area contributed by atoms with Gasteiger partial charge >= 0.3 is 0 Å². The Morgan fingerprint density at radius 2 is 0.566 bits per heavy atom. The molecule has 0 aliphatic carbocycles. The van der Waals surface area contributed by atoms with E-state index >= 15 is 0 Å². The van der Waals surface area contributed by atoms with Gasteiger partial charge in [0.05, 0.1) is 0 Å². The van der Waals surface area contributed by atoms with E-state index in [-0.39, 0.29) is 0 Å². The Labute approximate surface area is 315 Å². The normalized spacial score (nSPS) is 11.5. The van der Waals surface area contributed by atoms with Crippen LogP contribution in [0.25, 0.3) is 47.6 Å². The highest BCUT2D eigenvalue weighted by molar-refractivity contribution is 5.81. The molecule has 0 unspecified atom stereocenters. The van der Waals surface area contributed by atoms with E-state index < -0.39 is 0 Å². The summed E-state index contributed by atoms with van der Waals surface area (Å²) in [5, 5.41) is 0. The third kappa shape index (κ3) is 9.27. The molecule has 0 heterocycles. The van der Waals surface area contributed by atoms with Crippen LogP contribution in [0.4, 0.5) is 17.1 Å². The van der Waals surface area contributed by atoms with E-state index in [0.29, 0.717) is 0 Å². The Hall–Kier alpha value is -6.44. The van der Waals surface area contributed by atoms with Crippen LogP contribution in [-0.2, 0) is 12.8 Å². The van der Waals surface area contributed by atoms with Gasteiger partial charge in [0.25, 0.3) is 0 Å². The second-order valence-electron chi connectivity index (χ2n) is 13.3. The van der Waals surface area contributed by atoms with E-state index in [1.807, 2.05) is 6.07 Å². The highest BCUT2D eigenvalue weighted by atomic mass is 15.1. The minimum absolute atomic E-state index is 1.05. The van der Waals surface area contributed by atoms with E-state index in [9.17, 15) is 0 Å². The van der Waals surface area contributed by atoms with Gasteiger partial charge in [-0.05, 0) is 105 Å². The highest BCUT2D eigenvalue weighted by Crippen LogP contribution is 2.36. The topological polar surface area (TPSA) is 3.24 Å². The van der Waals surface area contributed by atoms with Crippen LogP contribution in [0.15, 0.2) is 176 Å². The van der Waals surface area contributed by atoms with Crippen molar-refractivity contribution >= 4 is 53.5 Å². The Morgan fingerprint density at radius 1 is 0.302 bits per heavy atom. The molecule has 1 heteroatoms. The summed E-state index contributed by atoms with van der Waals surface area (Å²) in [5.74, 6) is 0. The van der Waals surface area contributed by atoms with Crippen LogP contribution in [0.3, 0.4) is 0 Å². The Morgan fingerprint density at radius 3 is 0.906 bits per heavy atom. The first-order chi connectivity index (χ1) is 26.1. The molecule has 0 aliphatic heterocycles. The van der Waals surface area contributed by atoms with Crippen molar-refractivity contribution < 1.29 is 0 Å². The molecule has 0 aromatic heterocycles. The van der Waals surface area contributed by atoms with E-state index in [1.165, 1.54) is 44.5 Å². The first kappa shape index (κ1) is 35.0. The van der Waals surface area contributed by atoms with Crippen molar-refractivity contribution in [2.45, 2.75) is 26.7 Å². The second-order valence-corrected chi connectivity index (χ2v) is 13.3. The van der Waals surface area contributed by atoms with Crippen LogP contribution < -0.4 is 4.90 Å². The molecule has 0 amide bonds. The van der Waals surface area contributed by atoms with Crippen LogP contribution in [0.5, 0.6) is 0 Å². The van der Waals surface area contributed by atoms with Gasteiger partial charge in [-0.3, -0.25) is 0 Å². The van der Waals surface area contributed by atoms with Crippen molar-refractivity contribution in [3.63, 3.8) is 0 Å². The van der Waals surface area contributed by atoms with Crippen molar-refractivity contribution in [2.24, 2.45) is 0 Å². The summed E-state index contributed by atoms with van der Waals surface area (Å²) in [6.07, 6.45) is 15.2. The zero-order valence-corrected chi connectivity index (χ0v) is 30.6. The van der Waals surface area contributed by atoms with Gasteiger partial charge in [0.15, 0.2) is 0 Å². The van der Waals surface area contributed by atoms with Gasteiger partial charge in [0, 0.05) is 17.1 Å². The summed E-state index contributed by atoms with van der Waals surface area (Å²) in [7, 11) is 0. The molecule has 0 aliphatic rings. The lowest BCUT2D eigenvalue weighted by Gasteiger charge is -2.26. The maximum absolute atomic E-state index is 2.33. The fourth-order valence-electron chi connectivity index (χ4n) is 6.38. The largest absolute Gasteiger partial charge is 0.311 e. The summed E-state index contributed by atoms with van der Waals surface area (Å²) in [6.45, 7) is 4.38. The molecular weight excluding hydrogens is 639 g/mol. The molecular formula is C52H45N. The van der Waals surface area contributed by atoms with E-state index in [2.05, 4.69) is 225 Å². The van der Waals surface area contributed by atoms with E-state index in [1.54, 1.807) is 0 Å². The number of hydrogen-bond donors (Lipinski definition) is 0. The molecule has 7 rings (SSSR count). The lowest BCUT2D eigenvalue weighted by atomic mass is 10.0. The summed E-state index contributed by atoms with van der Waals surface area (Å²) >= 11 is 0. The number of aryl methyl sites for hydroxylation is 2. The minimum Gasteiger partial charge on any atom is -0.311 e. The average molecular weight is 684 g/mol. The van der Waals surface area contributed by atoms with Crippen LogP contribution in [0, 0.1) is 0 Å². The van der Waals surface area contributed by atoms with E-state index in [4.69, 9.17) is 0 Å². The third-order valence-corrected chi connectivity index (χ3v) is 9.65. The first-order valence-corrected chi connectivity index (χ1v) is 18.6. The molecule has 0 bridgehead atoms.